The number of fused-ring (bicyclic) bond motifs is 1. The monoisotopic (exact) mass is 395 g/mol. The molecule has 5 nitrogen and oxygen atoms in total. The van der Waals surface area contributed by atoms with Gasteiger partial charge in [-0.15, -0.1) is 0 Å². The molecule has 3 N–H and O–H groups in total. The number of aromatic nitrogens is 1. The van der Waals surface area contributed by atoms with E-state index in [0.29, 0.717) is 12.3 Å². The van der Waals surface area contributed by atoms with Gasteiger partial charge in [0.05, 0.1) is 12.1 Å². The summed E-state index contributed by atoms with van der Waals surface area (Å²) in [7, 11) is 0. The number of hydrogen-bond donors (Lipinski definition) is 3. The molecule has 0 fully saturated rings. The molecule has 0 bridgehead atoms. The number of H-pyrrole nitrogens is 1. The number of carboxylic acid groups (broad SMARTS) is 1. The van der Waals surface area contributed by atoms with Gasteiger partial charge in [0.25, 0.3) is 0 Å². The average molecular weight is 396 g/mol. The van der Waals surface area contributed by atoms with E-state index in [0.717, 1.165) is 29.8 Å². The van der Waals surface area contributed by atoms with Crippen molar-refractivity contribution in [3.05, 3.63) is 83.7 Å². The molecule has 0 radical (unpaired) electrons. The van der Waals surface area contributed by atoms with E-state index in [9.17, 15) is 4.79 Å². The first kappa shape index (κ1) is 19.7. The Hall–Kier alpha value is -3.02. The van der Waals surface area contributed by atoms with Gasteiger partial charge in [0.1, 0.15) is 11.5 Å². The van der Waals surface area contributed by atoms with Crippen LogP contribution in [0.15, 0.2) is 71.3 Å². The lowest BCUT2D eigenvalue weighted by molar-refractivity contribution is -0.0000214. The minimum atomic E-state index is -0.942. The van der Waals surface area contributed by atoms with Gasteiger partial charge in [0.15, 0.2) is 0 Å². The van der Waals surface area contributed by atoms with Crippen LogP contribution in [0.25, 0.3) is 22.2 Å². The molecular weight excluding hydrogens is 376 g/mol. The molecule has 0 atom stereocenters. The zero-order valence-electron chi connectivity index (χ0n) is 15.1. The van der Waals surface area contributed by atoms with Crippen LogP contribution in [0, 0.1) is 0 Å². The van der Waals surface area contributed by atoms with Crippen molar-refractivity contribution >= 4 is 16.9 Å². The molecule has 0 amide bonds. The molecule has 0 aliphatic rings. The fraction of sp³-hybridized carbons (Fsp3) is 0.136. The Morgan fingerprint density at radius 3 is 2.79 bits per heavy atom. The molecule has 0 saturated carbocycles. The van der Waals surface area contributed by atoms with Crippen molar-refractivity contribution in [3.8, 4) is 11.3 Å². The van der Waals surface area contributed by atoms with Crippen molar-refractivity contribution in [3.63, 3.8) is 0 Å². The third-order valence-electron chi connectivity index (χ3n) is 4.60. The summed E-state index contributed by atoms with van der Waals surface area (Å²) < 4.78 is 5.85. The van der Waals surface area contributed by atoms with Gasteiger partial charge in [-0.05, 0) is 48.9 Å². The van der Waals surface area contributed by atoms with Crippen LogP contribution in [0.5, 0.6) is 0 Å². The predicted octanol–water partition coefficient (Wildman–Crippen LogP) is 1.46. The number of carbonyl (C=O) groups is 1. The van der Waals surface area contributed by atoms with Crippen LogP contribution < -0.4 is 17.7 Å². The van der Waals surface area contributed by atoms with E-state index in [1.807, 2.05) is 24.3 Å². The molecule has 2 aromatic carbocycles. The van der Waals surface area contributed by atoms with E-state index in [1.54, 1.807) is 18.2 Å². The zero-order valence-corrected chi connectivity index (χ0v) is 15.9. The van der Waals surface area contributed by atoms with E-state index in [-0.39, 0.29) is 18.0 Å². The molecule has 6 heteroatoms. The number of carboxylic acids is 1. The lowest BCUT2D eigenvalue weighted by Crippen LogP contribution is -3.00. The predicted molar refractivity (Wildman–Crippen MR) is 105 cm³/mol. The number of aromatic amines is 1. The minimum absolute atomic E-state index is 0. The molecular formula is C22H20ClN2O3-. The van der Waals surface area contributed by atoms with Crippen LogP contribution in [0.3, 0.4) is 0 Å². The fourth-order valence-electron chi connectivity index (χ4n) is 3.21. The standard InChI is InChI=1S/C22H20N2O3.ClH/c25-22(26)16-5-3-4-15(12-16)21-9-8-18(27-21)14-23-11-10-17-13-24-20-7-2-1-6-19(17)20;/h1-9,12-13,23-24H,10-11,14H2,(H,25,26);1H/p-1. The van der Waals surface area contributed by atoms with Gasteiger partial charge in [-0.2, -0.15) is 0 Å². The number of rotatable bonds is 7. The van der Waals surface area contributed by atoms with Crippen LogP contribution in [-0.2, 0) is 13.0 Å². The first-order valence-corrected chi connectivity index (χ1v) is 8.89. The van der Waals surface area contributed by atoms with Crippen LogP contribution in [0.2, 0.25) is 0 Å². The largest absolute Gasteiger partial charge is 1.00 e. The lowest BCUT2D eigenvalue weighted by Gasteiger charge is -2.03. The molecule has 0 aliphatic carbocycles. The molecule has 144 valence electrons. The normalized spacial score (nSPS) is 10.7. The molecule has 0 spiro atoms. The zero-order chi connectivity index (χ0) is 18.6. The van der Waals surface area contributed by atoms with Crippen molar-refractivity contribution in [1.82, 2.24) is 10.3 Å². The summed E-state index contributed by atoms with van der Waals surface area (Å²) in [6.07, 6.45) is 2.99. The Morgan fingerprint density at radius 1 is 1.07 bits per heavy atom. The molecule has 2 aromatic heterocycles. The first-order chi connectivity index (χ1) is 13.2. The second-order valence-electron chi connectivity index (χ2n) is 6.44. The molecule has 0 aliphatic heterocycles. The van der Waals surface area contributed by atoms with E-state index in [2.05, 4.69) is 34.7 Å². The molecule has 28 heavy (non-hydrogen) atoms. The van der Waals surface area contributed by atoms with Crippen molar-refractivity contribution in [1.29, 1.82) is 0 Å². The summed E-state index contributed by atoms with van der Waals surface area (Å²) >= 11 is 0. The number of furan rings is 1. The van der Waals surface area contributed by atoms with Crippen molar-refractivity contribution < 1.29 is 26.7 Å². The molecule has 0 unspecified atom stereocenters. The summed E-state index contributed by atoms with van der Waals surface area (Å²) in [4.78, 5) is 14.4. The molecule has 2 heterocycles. The second-order valence-corrected chi connectivity index (χ2v) is 6.44. The van der Waals surface area contributed by atoms with Crippen molar-refractivity contribution in [2.45, 2.75) is 13.0 Å². The number of nitrogens with one attached hydrogen (secondary N) is 2. The van der Waals surface area contributed by atoms with Gasteiger partial charge >= 0.3 is 5.97 Å². The van der Waals surface area contributed by atoms with Gasteiger partial charge in [0, 0.05) is 22.7 Å². The highest BCUT2D eigenvalue weighted by atomic mass is 35.5. The SMILES string of the molecule is O=C(O)c1cccc(-c2ccc(CNCCc3c[nH]c4ccccc34)o2)c1.[Cl-]. The summed E-state index contributed by atoms with van der Waals surface area (Å²) in [6, 6.07) is 18.8. The highest BCUT2D eigenvalue weighted by Gasteiger charge is 2.09. The first-order valence-electron chi connectivity index (χ1n) is 8.89. The molecule has 4 rings (SSSR count). The lowest BCUT2D eigenvalue weighted by atomic mass is 10.1. The molecule has 4 aromatic rings. The number of aromatic carboxylic acids is 1. The van der Waals surface area contributed by atoms with E-state index < -0.39 is 5.97 Å². The van der Waals surface area contributed by atoms with Crippen LogP contribution in [-0.4, -0.2) is 22.6 Å². The summed E-state index contributed by atoms with van der Waals surface area (Å²) in [5, 5.41) is 13.8. The van der Waals surface area contributed by atoms with Gasteiger partial charge in [0.2, 0.25) is 0 Å². The highest BCUT2D eigenvalue weighted by molar-refractivity contribution is 5.89. The topological polar surface area (TPSA) is 78.3 Å². The number of para-hydroxylation sites is 1. The Balaban J connectivity index is 0.00000225. The van der Waals surface area contributed by atoms with Gasteiger partial charge in [-0.1, -0.05) is 30.3 Å². The van der Waals surface area contributed by atoms with Crippen LogP contribution in [0.1, 0.15) is 21.7 Å². The Kier molecular flexibility index (Phi) is 6.19. The van der Waals surface area contributed by atoms with Gasteiger partial charge in [-0.25, -0.2) is 4.79 Å². The minimum Gasteiger partial charge on any atom is -1.00 e. The summed E-state index contributed by atoms with van der Waals surface area (Å²) in [5.41, 5.74) is 3.47. The van der Waals surface area contributed by atoms with Crippen molar-refractivity contribution in [2.24, 2.45) is 0 Å². The number of hydrogen-bond acceptors (Lipinski definition) is 3. The summed E-state index contributed by atoms with van der Waals surface area (Å²) in [5.74, 6) is 0.554. The Bertz CT molecular complexity index is 1080. The van der Waals surface area contributed by atoms with E-state index in [1.165, 1.54) is 10.9 Å². The smallest absolute Gasteiger partial charge is 0.335 e. The van der Waals surface area contributed by atoms with Crippen LogP contribution >= 0.6 is 0 Å². The Morgan fingerprint density at radius 2 is 1.93 bits per heavy atom. The maximum atomic E-state index is 11.1. The van der Waals surface area contributed by atoms with Gasteiger partial charge < -0.3 is 32.2 Å². The third kappa shape index (κ3) is 4.27. The number of halogens is 1. The highest BCUT2D eigenvalue weighted by Crippen LogP contribution is 2.23. The summed E-state index contributed by atoms with van der Waals surface area (Å²) in [6.45, 7) is 1.47. The Labute approximate surface area is 168 Å². The van der Waals surface area contributed by atoms with Crippen LogP contribution in [0.4, 0.5) is 0 Å². The van der Waals surface area contributed by atoms with E-state index in [4.69, 9.17) is 9.52 Å². The molecule has 0 saturated heterocycles. The number of benzene rings is 2. The maximum absolute atomic E-state index is 11.1. The second kappa shape index (κ2) is 8.78. The third-order valence-corrected chi connectivity index (χ3v) is 4.60. The van der Waals surface area contributed by atoms with Gasteiger partial charge in [-0.3, -0.25) is 0 Å². The fourth-order valence-corrected chi connectivity index (χ4v) is 3.21. The quantitative estimate of drug-likeness (QED) is 0.414. The van der Waals surface area contributed by atoms with Crippen molar-refractivity contribution in [2.75, 3.05) is 6.54 Å². The average Bonchev–Trinajstić information content (AvgIpc) is 3.33. The van der Waals surface area contributed by atoms with E-state index >= 15 is 0 Å². The maximum Gasteiger partial charge on any atom is 0.335 e.